The second kappa shape index (κ2) is 10.3. The number of thioether (sulfide) groups is 1. The molecule has 1 aliphatic heterocycles. The predicted octanol–water partition coefficient (Wildman–Crippen LogP) is 4.83. The molecule has 0 bridgehead atoms. The SMILES string of the molecule is COc1ccc([N+](=O)[O-])cc1-n1c(C)cc(/C=C2/SC(=O)N(CC(=O)Nc3cccc(F)c3)C2=O)c1C. The molecule has 190 valence electrons. The van der Waals surface area contributed by atoms with Crippen LogP contribution in [0.4, 0.5) is 20.6 Å². The zero-order valence-corrected chi connectivity index (χ0v) is 20.8. The van der Waals surface area contributed by atoms with Gasteiger partial charge in [-0.3, -0.25) is 29.4 Å². The Morgan fingerprint density at radius 1 is 1.19 bits per heavy atom. The number of amides is 3. The number of aromatic nitrogens is 1. The van der Waals surface area contributed by atoms with Crippen LogP contribution in [0, 0.1) is 29.8 Å². The van der Waals surface area contributed by atoms with Gasteiger partial charge in [0.1, 0.15) is 18.1 Å². The summed E-state index contributed by atoms with van der Waals surface area (Å²) in [4.78, 5) is 49.5. The minimum Gasteiger partial charge on any atom is -0.495 e. The largest absolute Gasteiger partial charge is 0.495 e. The Balaban J connectivity index is 1.59. The highest BCUT2D eigenvalue weighted by atomic mass is 32.2. The van der Waals surface area contributed by atoms with Crippen LogP contribution in [0.25, 0.3) is 11.8 Å². The van der Waals surface area contributed by atoms with E-state index < -0.39 is 34.3 Å². The number of anilines is 1. The molecule has 4 rings (SSSR count). The van der Waals surface area contributed by atoms with Crippen molar-refractivity contribution in [2.75, 3.05) is 19.0 Å². The number of hydrogen-bond acceptors (Lipinski definition) is 7. The molecule has 0 radical (unpaired) electrons. The molecule has 10 nitrogen and oxygen atoms in total. The Kier molecular flexibility index (Phi) is 7.11. The van der Waals surface area contributed by atoms with Crippen molar-refractivity contribution >= 4 is 46.3 Å². The van der Waals surface area contributed by atoms with Gasteiger partial charge >= 0.3 is 0 Å². The van der Waals surface area contributed by atoms with Crippen molar-refractivity contribution in [2.24, 2.45) is 0 Å². The van der Waals surface area contributed by atoms with Gasteiger partial charge in [-0.2, -0.15) is 0 Å². The van der Waals surface area contributed by atoms with E-state index in [0.29, 0.717) is 34.5 Å². The van der Waals surface area contributed by atoms with Gasteiger partial charge in [-0.15, -0.1) is 0 Å². The molecule has 0 aliphatic carbocycles. The van der Waals surface area contributed by atoms with Crippen LogP contribution in [-0.4, -0.2) is 45.1 Å². The highest BCUT2D eigenvalue weighted by molar-refractivity contribution is 8.18. The Labute approximate surface area is 214 Å². The first-order chi connectivity index (χ1) is 17.6. The van der Waals surface area contributed by atoms with Gasteiger partial charge in [0, 0.05) is 29.2 Å². The van der Waals surface area contributed by atoms with Gasteiger partial charge in [-0.1, -0.05) is 6.07 Å². The quantitative estimate of drug-likeness (QED) is 0.267. The monoisotopic (exact) mass is 524 g/mol. The van der Waals surface area contributed by atoms with Gasteiger partial charge in [-0.05, 0) is 67.6 Å². The fourth-order valence-electron chi connectivity index (χ4n) is 3.96. The van der Waals surface area contributed by atoms with Gasteiger partial charge in [0.25, 0.3) is 16.8 Å². The average molecular weight is 525 g/mol. The number of ether oxygens (including phenoxy) is 1. The van der Waals surface area contributed by atoms with Crippen molar-refractivity contribution in [3.63, 3.8) is 0 Å². The first-order valence-electron chi connectivity index (χ1n) is 10.9. The van der Waals surface area contributed by atoms with E-state index in [-0.39, 0.29) is 16.3 Å². The lowest BCUT2D eigenvalue weighted by Crippen LogP contribution is -2.36. The maximum Gasteiger partial charge on any atom is 0.294 e. The van der Waals surface area contributed by atoms with E-state index >= 15 is 0 Å². The molecule has 1 aromatic heterocycles. The molecule has 2 aromatic carbocycles. The van der Waals surface area contributed by atoms with E-state index in [1.807, 2.05) is 0 Å². The fourth-order valence-corrected chi connectivity index (χ4v) is 4.79. The van der Waals surface area contributed by atoms with Crippen LogP contribution in [0.1, 0.15) is 17.0 Å². The summed E-state index contributed by atoms with van der Waals surface area (Å²) < 4.78 is 20.5. The van der Waals surface area contributed by atoms with E-state index in [1.54, 1.807) is 24.5 Å². The molecule has 0 saturated carbocycles. The number of rotatable bonds is 7. The van der Waals surface area contributed by atoms with Crippen LogP contribution in [0.2, 0.25) is 0 Å². The zero-order chi connectivity index (χ0) is 26.9. The molecule has 1 aliphatic rings. The minimum absolute atomic E-state index is 0.109. The molecule has 1 fully saturated rings. The van der Waals surface area contributed by atoms with E-state index in [2.05, 4.69) is 5.32 Å². The van der Waals surface area contributed by atoms with Gasteiger partial charge in [-0.25, -0.2) is 4.39 Å². The summed E-state index contributed by atoms with van der Waals surface area (Å²) in [5.41, 5.74) is 2.54. The number of methoxy groups -OCH3 is 1. The molecule has 3 aromatic rings. The Morgan fingerprint density at radius 3 is 2.62 bits per heavy atom. The van der Waals surface area contributed by atoms with Crippen molar-refractivity contribution in [2.45, 2.75) is 13.8 Å². The summed E-state index contributed by atoms with van der Waals surface area (Å²) in [6, 6.07) is 11.3. The summed E-state index contributed by atoms with van der Waals surface area (Å²) in [7, 11) is 1.46. The fraction of sp³-hybridized carbons (Fsp3) is 0.160. The standard InChI is InChI=1S/C25H21FN4O6S/c1-14-9-16(15(2)29(14)20-12-19(30(34)35)7-8-21(20)36-3)10-22-24(32)28(25(33)37-22)13-23(31)27-18-6-4-5-17(26)11-18/h4-12H,13H2,1-3H3,(H,27,31)/b22-10+. The number of carbonyl (C=O) groups excluding carboxylic acids is 3. The number of nitro benzene ring substituents is 1. The Hall–Kier alpha value is -4.45. The number of benzene rings is 2. The Morgan fingerprint density at radius 2 is 1.95 bits per heavy atom. The van der Waals surface area contributed by atoms with Gasteiger partial charge in [0.2, 0.25) is 5.91 Å². The molecular weight excluding hydrogens is 503 g/mol. The summed E-state index contributed by atoms with van der Waals surface area (Å²) >= 11 is 0.696. The number of nitrogens with one attached hydrogen (secondary N) is 1. The molecule has 0 spiro atoms. The molecule has 37 heavy (non-hydrogen) atoms. The normalized spacial score (nSPS) is 14.4. The lowest BCUT2D eigenvalue weighted by molar-refractivity contribution is -0.384. The summed E-state index contributed by atoms with van der Waals surface area (Å²) in [5, 5.41) is 13.2. The average Bonchev–Trinajstić information content (AvgIpc) is 3.27. The van der Waals surface area contributed by atoms with E-state index in [4.69, 9.17) is 4.74 Å². The number of hydrogen-bond donors (Lipinski definition) is 1. The highest BCUT2D eigenvalue weighted by Crippen LogP contribution is 2.35. The van der Waals surface area contributed by atoms with Crippen molar-refractivity contribution in [3.05, 3.63) is 86.3 Å². The first-order valence-corrected chi connectivity index (χ1v) is 11.7. The Bertz CT molecular complexity index is 1480. The maximum atomic E-state index is 13.4. The zero-order valence-electron chi connectivity index (χ0n) is 20.0. The number of non-ortho nitro benzene ring substituents is 1. The first kappa shape index (κ1) is 25.6. The van der Waals surface area contributed by atoms with E-state index in [1.165, 1.54) is 49.6 Å². The second-order valence-electron chi connectivity index (χ2n) is 8.10. The predicted molar refractivity (Wildman–Crippen MR) is 136 cm³/mol. The van der Waals surface area contributed by atoms with Crippen LogP contribution in [-0.2, 0) is 9.59 Å². The van der Waals surface area contributed by atoms with E-state index in [9.17, 15) is 28.9 Å². The van der Waals surface area contributed by atoms with Gasteiger partial charge in [0.05, 0.1) is 22.6 Å². The van der Waals surface area contributed by atoms with Crippen LogP contribution in [0.3, 0.4) is 0 Å². The van der Waals surface area contributed by atoms with E-state index in [0.717, 1.165) is 16.7 Å². The second-order valence-corrected chi connectivity index (χ2v) is 9.09. The summed E-state index contributed by atoms with van der Waals surface area (Å²) in [5.74, 6) is -1.40. The van der Waals surface area contributed by atoms with Gasteiger partial charge < -0.3 is 14.6 Å². The minimum atomic E-state index is -0.648. The van der Waals surface area contributed by atoms with Gasteiger partial charge in [0.15, 0.2) is 0 Å². The molecule has 2 heterocycles. The van der Waals surface area contributed by atoms with Crippen molar-refractivity contribution in [1.82, 2.24) is 9.47 Å². The molecule has 3 amide bonds. The lowest BCUT2D eigenvalue weighted by Gasteiger charge is -2.14. The maximum absolute atomic E-state index is 13.4. The third kappa shape index (κ3) is 5.23. The molecule has 0 atom stereocenters. The number of carbonyl (C=O) groups is 3. The van der Waals surface area contributed by atoms with Crippen LogP contribution in [0.5, 0.6) is 5.75 Å². The number of aryl methyl sites for hydroxylation is 1. The number of halogens is 1. The lowest BCUT2D eigenvalue weighted by atomic mass is 10.2. The molecule has 1 N–H and O–H groups in total. The smallest absolute Gasteiger partial charge is 0.294 e. The number of imide groups is 1. The van der Waals surface area contributed by atoms with Crippen LogP contribution < -0.4 is 10.1 Å². The summed E-state index contributed by atoms with van der Waals surface area (Å²) in [6.07, 6.45) is 1.54. The third-order valence-corrected chi connectivity index (χ3v) is 6.56. The molecular formula is C25H21FN4O6S. The van der Waals surface area contributed by atoms with Crippen molar-refractivity contribution in [3.8, 4) is 11.4 Å². The van der Waals surface area contributed by atoms with Crippen molar-refractivity contribution in [1.29, 1.82) is 0 Å². The third-order valence-electron chi connectivity index (χ3n) is 5.65. The highest BCUT2D eigenvalue weighted by Gasteiger charge is 2.36. The number of nitro groups is 1. The molecule has 0 unspecified atom stereocenters. The molecule has 1 saturated heterocycles. The van der Waals surface area contributed by atoms with Crippen LogP contribution >= 0.6 is 11.8 Å². The topological polar surface area (TPSA) is 124 Å². The van der Waals surface area contributed by atoms with Crippen molar-refractivity contribution < 1.29 is 28.4 Å². The summed E-state index contributed by atoms with van der Waals surface area (Å²) in [6.45, 7) is 3.04. The molecule has 12 heteroatoms. The number of nitrogens with zero attached hydrogens (tertiary/aromatic N) is 3. The van der Waals surface area contributed by atoms with Crippen LogP contribution in [0.15, 0.2) is 53.4 Å².